The predicted molar refractivity (Wildman–Crippen MR) is 110 cm³/mol. The van der Waals surface area contributed by atoms with Crippen LogP contribution < -0.4 is 15.2 Å². The molecule has 1 aliphatic heterocycles. The molecule has 0 saturated heterocycles. The monoisotopic (exact) mass is 391 g/mol. The summed E-state index contributed by atoms with van der Waals surface area (Å²) in [5.74, 6) is -0.593. The van der Waals surface area contributed by atoms with E-state index in [1.807, 2.05) is 49.2 Å². The standard InChI is InChI=1S/C22H21N3O4/c1-13(2)24-11-14-8-16(18-6-4-5-7-23-18)21(29-3)9-15(14)19-10-20(26)17(22(27)28)12-25(19)24/h4-10,12-13H,11H2,1-3H3,(H,27,28). The van der Waals surface area contributed by atoms with Crippen LogP contribution in [0.3, 0.4) is 0 Å². The third-order valence-electron chi connectivity index (χ3n) is 5.11. The smallest absolute Gasteiger partial charge is 0.341 e. The molecule has 0 unspecified atom stereocenters. The minimum Gasteiger partial charge on any atom is -0.496 e. The van der Waals surface area contributed by atoms with Crippen LogP contribution >= 0.6 is 0 Å². The van der Waals surface area contributed by atoms with Gasteiger partial charge in [0.25, 0.3) is 0 Å². The summed E-state index contributed by atoms with van der Waals surface area (Å²) in [6.07, 6.45) is 3.14. The SMILES string of the molecule is COc1cc2c(cc1-c1ccccn1)CN(C(C)C)n1cc(C(=O)O)c(=O)cc1-2. The molecule has 0 saturated carbocycles. The average Bonchev–Trinajstić information content (AvgIpc) is 2.72. The normalized spacial score (nSPS) is 12.5. The van der Waals surface area contributed by atoms with E-state index in [0.29, 0.717) is 18.0 Å². The van der Waals surface area contributed by atoms with Crippen LogP contribution in [-0.2, 0) is 6.54 Å². The molecule has 4 rings (SSSR count). The van der Waals surface area contributed by atoms with Gasteiger partial charge in [0, 0.05) is 35.6 Å². The van der Waals surface area contributed by atoms with Crippen LogP contribution in [-0.4, -0.2) is 33.9 Å². The third kappa shape index (κ3) is 3.14. The third-order valence-corrected chi connectivity index (χ3v) is 5.11. The summed E-state index contributed by atoms with van der Waals surface area (Å²) >= 11 is 0. The Bertz CT molecular complexity index is 1150. The summed E-state index contributed by atoms with van der Waals surface area (Å²) in [6, 6.07) is 11.1. The number of hydrogen-bond acceptors (Lipinski definition) is 5. The molecule has 2 aromatic heterocycles. The molecule has 0 atom stereocenters. The quantitative estimate of drug-likeness (QED) is 0.736. The van der Waals surface area contributed by atoms with Gasteiger partial charge < -0.3 is 14.9 Å². The number of benzene rings is 1. The van der Waals surface area contributed by atoms with Gasteiger partial charge in [0.15, 0.2) is 5.43 Å². The molecule has 1 aromatic carbocycles. The summed E-state index contributed by atoms with van der Waals surface area (Å²) in [5.41, 5.74) is 3.39. The Kier molecular flexibility index (Phi) is 4.58. The lowest BCUT2D eigenvalue weighted by atomic mass is 9.95. The van der Waals surface area contributed by atoms with Crippen molar-refractivity contribution in [3.05, 3.63) is 70.1 Å². The number of nitrogens with zero attached hydrogens (tertiary/aromatic N) is 3. The van der Waals surface area contributed by atoms with Gasteiger partial charge in [0.1, 0.15) is 11.3 Å². The Hall–Kier alpha value is -3.61. The molecular weight excluding hydrogens is 370 g/mol. The van der Waals surface area contributed by atoms with Crippen molar-refractivity contribution in [3.63, 3.8) is 0 Å². The predicted octanol–water partition coefficient (Wildman–Crippen LogP) is 3.14. The Morgan fingerprint density at radius 3 is 2.62 bits per heavy atom. The number of carbonyl (C=O) groups is 1. The number of carboxylic acid groups (broad SMARTS) is 1. The van der Waals surface area contributed by atoms with E-state index in [-0.39, 0.29) is 11.6 Å². The first-order chi connectivity index (χ1) is 13.9. The van der Waals surface area contributed by atoms with Crippen molar-refractivity contribution in [2.75, 3.05) is 12.1 Å². The maximum absolute atomic E-state index is 12.4. The van der Waals surface area contributed by atoms with Gasteiger partial charge in [0.05, 0.1) is 25.0 Å². The van der Waals surface area contributed by atoms with Crippen LogP contribution in [0.4, 0.5) is 0 Å². The van der Waals surface area contributed by atoms with E-state index in [1.54, 1.807) is 18.0 Å². The maximum atomic E-state index is 12.4. The zero-order chi connectivity index (χ0) is 20.7. The van der Waals surface area contributed by atoms with E-state index in [2.05, 4.69) is 4.98 Å². The van der Waals surface area contributed by atoms with Crippen molar-refractivity contribution in [1.29, 1.82) is 0 Å². The van der Waals surface area contributed by atoms with E-state index in [9.17, 15) is 14.7 Å². The van der Waals surface area contributed by atoms with Gasteiger partial charge in [-0.3, -0.25) is 14.5 Å². The maximum Gasteiger partial charge on any atom is 0.341 e. The Morgan fingerprint density at radius 1 is 1.21 bits per heavy atom. The van der Waals surface area contributed by atoms with Crippen molar-refractivity contribution < 1.29 is 14.6 Å². The summed E-state index contributed by atoms with van der Waals surface area (Å²) in [4.78, 5) is 28.3. The van der Waals surface area contributed by atoms with Crippen LogP contribution in [0.5, 0.6) is 5.75 Å². The van der Waals surface area contributed by atoms with Crippen LogP contribution in [0, 0.1) is 0 Å². The number of carboxylic acids is 1. The molecule has 0 fully saturated rings. The van der Waals surface area contributed by atoms with Gasteiger partial charge in [-0.2, -0.15) is 0 Å². The zero-order valence-electron chi connectivity index (χ0n) is 16.4. The molecule has 148 valence electrons. The molecule has 7 heteroatoms. The van der Waals surface area contributed by atoms with Crippen LogP contribution in [0.2, 0.25) is 0 Å². The van der Waals surface area contributed by atoms with E-state index < -0.39 is 11.4 Å². The van der Waals surface area contributed by atoms with Crippen molar-refractivity contribution >= 4 is 5.97 Å². The fourth-order valence-corrected chi connectivity index (χ4v) is 3.66. The minimum atomic E-state index is -1.23. The van der Waals surface area contributed by atoms with Crippen molar-refractivity contribution in [1.82, 2.24) is 9.66 Å². The number of fused-ring (bicyclic) bond motifs is 3. The molecule has 0 spiro atoms. The summed E-state index contributed by atoms with van der Waals surface area (Å²) in [6.45, 7) is 4.61. The Balaban J connectivity index is 1.98. The summed E-state index contributed by atoms with van der Waals surface area (Å²) < 4.78 is 7.37. The number of hydrogen-bond donors (Lipinski definition) is 1. The molecule has 3 heterocycles. The number of aromatic nitrogens is 2. The number of aromatic carboxylic acids is 1. The summed E-state index contributed by atoms with van der Waals surface area (Å²) in [5, 5.41) is 11.4. The highest BCUT2D eigenvalue weighted by Gasteiger charge is 2.27. The molecule has 0 aliphatic carbocycles. The van der Waals surface area contributed by atoms with E-state index >= 15 is 0 Å². The molecule has 1 N–H and O–H groups in total. The van der Waals surface area contributed by atoms with Gasteiger partial charge in [0.2, 0.25) is 0 Å². The first-order valence-corrected chi connectivity index (χ1v) is 9.30. The van der Waals surface area contributed by atoms with Crippen LogP contribution in [0.25, 0.3) is 22.5 Å². The second-order valence-corrected chi connectivity index (χ2v) is 7.20. The lowest BCUT2D eigenvalue weighted by molar-refractivity contribution is 0.0694. The molecule has 29 heavy (non-hydrogen) atoms. The van der Waals surface area contributed by atoms with Gasteiger partial charge in [-0.05, 0) is 43.7 Å². The lowest BCUT2D eigenvalue weighted by Crippen LogP contribution is -2.44. The van der Waals surface area contributed by atoms with Gasteiger partial charge in [-0.1, -0.05) is 6.07 Å². The number of rotatable bonds is 4. The topological polar surface area (TPSA) is 84.7 Å². The fraction of sp³-hybridized carbons (Fsp3) is 0.227. The highest BCUT2D eigenvalue weighted by molar-refractivity contribution is 5.88. The zero-order valence-corrected chi connectivity index (χ0v) is 16.4. The number of ether oxygens (including phenoxy) is 1. The first-order valence-electron chi connectivity index (χ1n) is 9.30. The molecule has 1 aliphatic rings. The summed E-state index contributed by atoms with van der Waals surface area (Å²) in [7, 11) is 1.60. The fourth-order valence-electron chi connectivity index (χ4n) is 3.66. The van der Waals surface area contributed by atoms with Gasteiger partial charge in [-0.15, -0.1) is 0 Å². The van der Waals surface area contributed by atoms with Gasteiger partial charge >= 0.3 is 5.97 Å². The molecular formula is C22H21N3O4. The van der Waals surface area contributed by atoms with E-state index in [0.717, 1.165) is 22.4 Å². The van der Waals surface area contributed by atoms with Gasteiger partial charge in [-0.25, -0.2) is 4.79 Å². The Morgan fingerprint density at radius 2 is 2.00 bits per heavy atom. The minimum absolute atomic E-state index is 0.0893. The highest BCUT2D eigenvalue weighted by atomic mass is 16.5. The molecule has 0 bridgehead atoms. The van der Waals surface area contributed by atoms with E-state index in [4.69, 9.17) is 4.74 Å². The molecule has 0 amide bonds. The molecule has 3 aromatic rings. The van der Waals surface area contributed by atoms with Crippen molar-refractivity contribution in [2.45, 2.75) is 26.4 Å². The molecule has 0 radical (unpaired) electrons. The number of pyridine rings is 2. The second-order valence-electron chi connectivity index (χ2n) is 7.20. The van der Waals surface area contributed by atoms with Crippen LogP contribution in [0.1, 0.15) is 29.8 Å². The lowest BCUT2D eigenvalue weighted by Gasteiger charge is -2.38. The van der Waals surface area contributed by atoms with E-state index in [1.165, 1.54) is 12.3 Å². The van der Waals surface area contributed by atoms with Crippen molar-refractivity contribution in [2.24, 2.45) is 0 Å². The largest absolute Gasteiger partial charge is 0.496 e. The number of methoxy groups -OCH3 is 1. The average molecular weight is 391 g/mol. The Labute approximate surface area is 167 Å². The van der Waals surface area contributed by atoms with Crippen LogP contribution in [0.15, 0.2) is 53.6 Å². The molecule has 7 nitrogen and oxygen atoms in total. The van der Waals surface area contributed by atoms with Crippen molar-refractivity contribution in [3.8, 4) is 28.3 Å². The highest BCUT2D eigenvalue weighted by Crippen LogP contribution is 2.38. The first kappa shape index (κ1) is 18.7. The second kappa shape index (κ2) is 7.09.